The number of amides is 6. The minimum Gasteiger partial charge on any atom is -0.431 e. The molecule has 2 aromatic carbocycles. The fourth-order valence-electron chi connectivity index (χ4n) is 10.8. The summed E-state index contributed by atoms with van der Waals surface area (Å²) in [7, 11) is 0. The summed E-state index contributed by atoms with van der Waals surface area (Å²) in [6.45, 7) is 15.0. The quantitative estimate of drug-likeness (QED) is 0.0613. The normalized spacial score (nSPS) is 18.9. The smallest absolute Gasteiger partial charge is 0.298 e. The number of unbranched alkanes of at least 4 members (excludes halogenated alkanes) is 5. The van der Waals surface area contributed by atoms with Crippen molar-refractivity contribution >= 4 is 64.2 Å². The molecule has 0 radical (unpaired) electrons. The number of hydrogen-bond donors (Lipinski definition) is 5. The number of piperidine rings is 1. The van der Waals surface area contributed by atoms with E-state index in [9.17, 15) is 33.9 Å². The first-order valence-corrected chi connectivity index (χ1v) is 28.7. The van der Waals surface area contributed by atoms with Crippen molar-refractivity contribution in [1.82, 2.24) is 35.3 Å². The highest BCUT2D eigenvalue weighted by atomic mass is 32.1. The Morgan fingerprint density at radius 2 is 1.53 bits per heavy atom. The lowest BCUT2D eigenvalue weighted by Crippen LogP contribution is -2.57. The van der Waals surface area contributed by atoms with Crippen LogP contribution in [-0.2, 0) is 41.8 Å². The number of aromatic nitrogens is 2. The number of nitrogens with two attached hydrogens (primary N) is 1. The van der Waals surface area contributed by atoms with E-state index in [1.165, 1.54) is 11.2 Å². The summed E-state index contributed by atoms with van der Waals surface area (Å²) in [5.41, 5.74) is 12.5. The van der Waals surface area contributed by atoms with E-state index >= 15 is 0 Å². The largest absolute Gasteiger partial charge is 0.431 e. The molecule has 4 aliphatic heterocycles. The van der Waals surface area contributed by atoms with E-state index in [1.54, 1.807) is 11.3 Å². The number of oxazole rings is 1. The first-order valence-electron chi connectivity index (χ1n) is 27.8. The minimum absolute atomic E-state index is 0.0146. The van der Waals surface area contributed by atoms with Crippen molar-refractivity contribution in [3.8, 4) is 10.4 Å². The first kappa shape index (κ1) is 57.7. The molecule has 2 aromatic heterocycles. The maximum Gasteiger partial charge on any atom is 0.298 e. The molecular weight excluding hydrogens is 1010 g/mol. The second-order valence-corrected chi connectivity index (χ2v) is 23.2. The Kier molecular flexibility index (Phi) is 20.0. The highest BCUT2D eigenvalue weighted by Crippen LogP contribution is 2.33. The molecule has 6 amide bonds. The van der Waals surface area contributed by atoms with Crippen LogP contribution in [0.15, 0.2) is 58.7 Å². The van der Waals surface area contributed by atoms with Crippen molar-refractivity contribution < 1.29 is 43.0 Å². The molecule has 0 saturated carbocycles. The van der Waals surface area contributed by atoms with Crippen molar-refractivity contribution in [2.24, 2.45) is 17.1 Å². The van der Waals surface area contributed by atoms with Crippen LogP contribution >= 0.6 is 11.3 Å². The molecule has 4 aromatic rings. The van der Waals surface area contributed by atoms with Crippen LogP contribution in [0, 0.1) is 18.3 Å². The van der Waals surface area contributed by atoms with Gasteiger partial charge in [-0.2, -0.15) is 4.98 Å². The molecular formula is C57H79N11O9S. The number of primary amides is 1. The Bertz CT molecular complexity index is 2680. The van der Waals surface area contributed by atoms with Crippen molar-refractivity contribution in [2.75, 3.05) is 87.2 Å². The number of hydrogen-bond acceptors (Lipinski definition) is 15. The fraction of sp³-hybridized carbons (Fsp3) is 0.579. The Hall–Kier alpha value is -6.42. The Balaban J connectivity index is 0.723. The minimum atomic E-state index is -0.879. The molecule has 0 bridgehead atoms. The number of aryl methyl sites for hydroxylation is 1. The number of benzene rings is 2. The van der Waals surface area contributed by atoms with E-state index in [2.05, 4.69) is 41.8 Å². The fourth-order valence-corrected chi connectivity index (χ4v) is 11.6. The van der Waals surface area contributed by atoms with Crippen molar-refractivity contribution in [3.63, 3.8) is 0 Å². The van der Waals surface area contributed by atoms with Gasteiger partial charge in [0.15, 0.2) is 5.69 Å². The molecule has 4 saturated heterocycles. The first-order chi connectivity index (χ1) is 37.5. The number of aliphatic hydroxyl groups excluding tert-OH is 1. The maximum atomic E-state index is 14.1. The predicted octanol–water partition coefficient (Wildman–Crippen LogP) is 5.47. The van der Waals surface area contributed by atoms with Crippen LogP contribution in [0.25, 0.3) is 10.4 Å². The topological polar surface area (TPSA) is 249 Å². The van der Waals surface area contributed by atoms with Crippen molar-refractivity contribution in [2.45, 2.75) is 130 Å². The van der Waals surface area contributed by atoms with E-state index in [0.29, 0.717) is 96.4 Å². The van der Waals surface area contributed by atoms with Gasteiger partial charge in [-0.15, -0.1) is 11.3 Å². The van der Waals surface area contributed by atoms with Gasteiger partial charge in [0.2, 0.25) is 29.5 Å². The summed E-state index contributed by atoms with van der Waals surface area (Å²) >= 11 is 1.58. The van der Waals surface area contributed by atoms with E-state index in [1.807, 2.05) is 79.4 Å². The number of nitrogens with one attached hydrogen (secondary N) is 3. The highest BCUT2D eigenvalue weighted by molar-refractivity contribution is 7.13. The number of thiazole rings is 1. The zero-order chi connectivity index (χ0) is 55.3. The van der Waals surface area contributed by atoms with Gasteiger partial charge in [-0.25, -0.2) is 4.98 Å². The van der Waals surface area contributed by atoms with E-state index in [-0.39, 0.29) is 73.0 Å². The van der Waals surface area contributed by atoms with Crippen LogP contribution in [-0.4, -0.2) is 156 Å². The van der Waals surface area contributed by atoms with Crippen LogP contribution in [0.2, 0.25) is 0 Å². The van der Waals surface area contributed by atoms with E-state index in [4.69, 9.17) is 14.9 Å². The number of morpholine rings is 1. The third-order valence-electron chi connectivity index (χ3n) is 15.4. The summed E-state index contributed by atoms with van der Waals surface area (Å²) < 4.78 is 11.1. The van der Waals surface area contributed by atoms with Gasteiger partial charge in [-0.3, -0.25) is 33.7 Å². The summed E-state index contributed by atoms with van der Waals surface area (Å²) in [5, 5.41) is 19.6. The molecule has 20 nitrogen and oxygen atoms in total. The third kappa shape index (κ3) is 15.4. The monoisotopic (exact) mass is 1090 g/mol. The molecule has 21 heteroatoms. The number of β-amino-alcohol motifs (C(OH)–C–C–N with tert-alkyl or cyclic N) is 1. The zero-order valence-corrected chi connectivity index (χ0v) is 46.6. The second-order valence-electron chi connectivity index (χ2n) is 22.3. The molecule has 6 N–H and O–H groups in total. The SMILES string of the molecule is Cc1ncsc1-c1ccc(CNC(=O)[C@@H]2C[C@@H](O)CN2C(=O)[C@@H](NC(=O)CCCCCCCCC(=O)N2CCN(Cc3ccc(NC(=O)c4coc(N5CCOCC5)n4)c(N4CCC(C(N)=O)CC4)c3)CC2)C(C)(C)C)cc1. The van der Waals surface area contributed by atoms with Crippen LogP contribution in [0.4, 0.5) is 17.4 Å². The number of ether oxygens (including phenoxy) is 1. The molecule has 6 heterocycles. The molecule has 3 atom stereocenters. The molecule has 4 aliphatic rings. The van der Waals surface area contributed by atoms with Gasteiger partial charge >= 0.3 is 0 Å². The predicted molar refractivity (Wildman–Crippen MR) is 298 cm³/mol. The number of nitrogens with zero attached hydrogens (tertiary/aromatic N) is 7. The average Bonchev–Trinajstić information content (AvgIpc) is 4.27. The molecule has 0 aliphatic carbocycles. The Morgan fingerprint density at radius 1 is 0.846 bits per heavy atom. The highest BCUT2D eigenvalue weighted by Gasteiger charge is 2.44. The molecule has 8 rings (SSSR count). The van der Waals surface area contributed by atoms with E-state index in [0.717, 1.165) is 78.1 Å². The van der Waals surface area contributed by atoms with Crippen LogP contribution in [0.1, 0.15) is 119 Å². The van der Waals surface area contributed by atoms with Gasteiger partial charge in [-0.1, -0.05) is 76.8 Å². The summed E-state index contributed by atoms with van der Waals surface area (Å²) in [5.74, 6) is -1.63. The van der Waals surface area contributed by atoms with Crippen LogP contribution in [0.5, 0.6) is 0 Å². The summed E-state index contributed by atoms with van der Waals surface area (Å²) in [4.78, 5) is 99.3. The van der Waals surface area contributed by atoms with Gasteiger partial charge in [0.25, 0.3) is 11.9 Å². The Morgan fingerprint density at radius 3 is 2.19 bits per heavy atom. The zero-order valence-electron chi connectivity index (χ0n) is 45.8. The molecule has 4 fully saturated rings. The summed E-state index contributed by atoms with van der Waals surface area (Å²) in [6.07, 6.45) is 7.78. The van der Waals surface area contributed by atoms with Crippen LogP contribution in [0.3, 0.4) is 0 Å². The molecule has 0 spiro atoms. The number of likely N-dealkylation sites (tertiary alicyclic amines) is 1. The summed E-state index contributed by atoms with van der Waals surface area (Å²) in [6, 6.07) is 12.6. The third-order valence-corrected chi connectivity index (χ3v) is 16.4. The molecule has 422 valence electrons. The number of aliphatic hydroxyl groups is 1. The molecule has 0 unspecified atom stereocenters. The number of carbonyl (C=O) groups is 6. The van der Waals surface area contributed by atoms with Crippen molar-refractivity contribution in [1.29, 1.82) is 0 Å². The standard InChI is InChI=1S/C57H79N11O9S/c1-38-50(78-37-60-38)41-16-13-39(14-17-41)33-59-54(74)47-32-43(69)35-68(47)55(75)51(57(2,3)4)63-48(70)11-9-7-5-6-8-10-12-49(71)66-25-23-64(24-26-66)34-40-15-18-44(46(31-40)65-21-19-42(20-22-65)52(58)72)61-53(73)45-36-77-56(62-45)67-27-29-76-30-28-67/h13-18,31,36-37,42-43,47,51,69H,5-12,19-30,32-35H2,1-4H3,(H2,58,72)(H,59,74)(H,61,73)(H,63,70)/t43-,47+,51-/m1/s1. The van der Waals surface area contributed by atoms with E-state index < -0.39 is 23.6 Å². The lowest BCUT2D eigenvalue weighted by Gasteiger charge is -2.36. The van der Waals surface area contributed by atoms with Crippen LogP contribution < -0.4 is 31.5 Å². The lowest BCUT2D eigenvalue weighted by atomic mass is 9.85. The van der Waals surface area contributed by atoms with Gasteiger partial charge in [0.05, 0.1) is 46.8 Å². The lowest BCUT2D eigenvalue weighted by molar-refractivity contribution is -0.144. The van der Waals surface area contributed by atoms with Crippen molar-refractivity contribution in [3.05, 3.63) is 76.8 Å². The maximum absolute atomic E-state index is 14.1. The second kappa shape index (κ2) is 27.0. The van der Waals surface area contributed by atoms with Gasteiger partial charge < -0.3 is 55.5 Å². The van der Waals surface area contributed by atoms with Gasteiger partial charge in [-0.05, 0) is 66.8 Å². The number of rotatable bonds is 22. The van der Waals surface area contributed by atoms with Gasteiger partial charge in [0, 0.05) is 97.2 Å². The van der Waals surface area contributed by atoms with Gasteiger partial charge in [0.1, 0.15) is 18.3 Å². The average molecular weight is 1090 g/mol. The Labute approximate surface area is 461 Å². The molecule has 78 heavy (non-hydrogen) atoms. The number of piperazine rings is 1. The number of carbonyl (C=O) groups excluding carboxylic acids is 6. The number of anilines is 3.